The van der Waals surface area contributed by atoms with E-state index in [0.29, 0.717) is 10.7 Å². The number of hydrogen-bond donors (Lipinski definition) is 1. The number of amides is 1. The Morgan fingerprint density at radius 3 is 2.74 bits per heavy atom. The van der Waals surface area contributed by atoms with E-state index in [1.165, 1.54) is 31.0 Å². The van der Waals surface area contributed by atoms with Crippen LogP contribution in [0.5, 0.6) is 0 Å². The van der Waals surface area contributed by atoms with Gasteiger partial charge in [0.05, 0.1) is 29.1 Å². The highest BCUT2D eigenvalue weighted by molar-refractivity contribution is 7.99. The van der Waals surface area contributed by atoms with Crippen molar-refractivity contribution >= 4 is 40.9 Å². The van der Waals surface area contributed by atoms with E-state index >= 15 is 0 Å². The van der Waals surface area contributed by atoms with Gasteiger partial charge in [0, 0.05) is 19.7 Å². The maximum absolute atomic E-state index is 12.7. The molecule has 2 saturated heterocycles. The zero-order valence-corrected chi connectivity index (χ0v) is 19.8. The van der Waals surface area contributed by atoms with Crippen LogP contribution in [0.1, 0.15) is 43.2 Å². The zero-order valence-electron chi connectivity index (χ0n) is 18.2. The van der Waals surface area contributed by atoms with Crippen LogP contribution in [0.2, 0.25) is 5.02 Å². The van der Waals surface area contributed by atoms with Gasteiger partial charge in [-0.2, -0.15) is 0 Å². The molecule has 0 aliphatic carbocycles. The minimum atomic E-state index is -0.106. The van der Waals surface area contributed by atoms with E-state index in [1.807, 2.05) is 26.0 Å². The normalized spacial score (nSPS) is 19.1. The molecule has 2 fully saturated rings. The van der Waals surface area contributed by atoms with E-state index in [4.69, 9.17) is 16.3 Å². The number of halogens is 1. The van der Waals surface area contributed by atoms with Gasteiger partial charge in [-0.3, -0.25) is 9.36 Å². The Morgan fingerprint density at radius 1 is 1.23 bits per heavy atom. The Labute approximate surface area is 192 Å². The molecule has 2 aliphatic heterocycles. The lowest BCUT2D eigenvalue weighted by molar-refractivity contribution is -0.113. The Hall–Kier alpha value is -1.77. The van der Waals surface area contributed by atoms with Gasteiger partial charge in [-0.25, -0.2) is 0 Å². The molecule has 1 unspecified atom stereocenters. The third-order valence-electron chi connectivity index (χ3n) is 5.77. The van der Waals surface area contributed by atoms with Crippen LogP contribution in [-0.4, -0.2) is 52.2 Å². The largest absolute Gasteiger partial charge is 0.376 e. The van der Waals surface area contributed by atoms with E-state index in [1.54, 1.807) is 0 Å². The summed E-state index contributed by atoms with van der Waals surface area (Å²) in [6.07, 6.45) is 5.93. The summed E-state index contributed by atoms with van der Waals surface area (Å²) in [6.45, 7) is 7.48. The number of carbonyl (C=O) groups is 1. The van der Waals surface area contributed by atoms with Crippen molar-refractivity contribution in [2.45, 2.75) is 63.8 Å². The van der Waals surface area contributed by atoms with Gasteiger partial charge in [-0.15, -0.1) is 10.2 Å². The van der Waals surface area contributed by atoms with Gasteiger partial charge >= 0.3 is 0 Å². The second-order valence-corrected chi connectivity index (χ2v) is 9.70. The molecule has 0 bridgehead atoms. The lowest BCUT2D eigenvalue weighted by Gasteiger charge is -2.28. The van der Waals surface area contributed by atoms with Crippen LogP contribution in [-0.2, 0) is 16.1 Å². The summed E-state index contributed by atoms with van der Waals surface area (Å²) in [7, 11) is 0. The fourth-order valence-electron chi connectivity index (χ4n) is 4.25. The summed E-state index contributed by atoms with van der Waals surface area (Å²) in [5.74, 6) is 1.04. The first kappa shape index (κ1) is 22.4. The Morgan fingerprint density at radius 2 is 2.03 bits per heavy atom. The molecule has 1 N–H and O–H groups in total. The van der Waals surface area contributed by atoms with Gasteiger partial charge in [-0.1, -0.05) is 29.4 Å². The van der Waals surface area contributed by atoms with Gasteiger partial charge in [-0.05, 0) is 63.1 Å². The molecule has 3 heterocycles. The number of nitrogens with one attached hydrogen (secondary N) is 1. The van der Waals surface area contributed by atoms with Crippen LogP contribution in [0, 0.1) is 13.8 Å². The van der Waals surface area contributed by atoms with Crippen LogP contribution in [0.25, 0.3) is 0 Å². The third-order valence-corrected chi connectivity index (χ3v) is 7.04. The van der Waals surface area contributed by atoms with Crippen molar-refractivity contribution < 1.29 is 9.53 Å². The third kappa shape index (κ3) is 5.54. The van der Waals surface area contributed by atoms with Gasteiger partial charge in [0.2, 0.25) is 11.9 Å². The Kier molecular flexibility index (Phi) is 7.40. The van der Waals surface area contributed by atoms with Crippen LogP contribution >= 0.6 is 23.4 Å². The van der Waals surface area contributed by atoms with E-state index in [0.717, 1.165) is 61.3 Å². The van der Waals surface area contributed by atoms with Gasteiger partial charge < -0.3 is 15.0 Å². The summed E-state index contributed by atoms with van der Waals surface area (Å²) < 4.78 is 8.01. The topological polar surface area (TPSA) is 72.3 Å². The van der Waals surface area contributed by atoms with E-state index in [9.17, 15) is 4.79 Å². The zero-order chi connectivity index (χ0) is 21.8. The lowest BCUT2D eigenvalue weighted by Crippen LogP contribution is -2.33. The second-order valence-electron chi connectivity index (χ2n) is 8.35. The number of nitrogens with zero attached hydrogens (tertiary/aromatic N) is 4. The summed E-state index contributed by atoms with van der Waals surface area (Å²) in [5, 5.41) is 13.2. The summed E-state index contributed by atoms with van der Waals surface area (Å²) >= 11 is 7.75. The van der Waals surface area contributed by atoms with E-state index in [2.05, 4.69) is 25.0 Å². The molecule has 31 heavy (non-hydrogen) atoms. The van der Waals surface area contributed by atoms with Gasteiger partial charge in [0.25, 0.3) is 0 Å². The smallest absolute Gasteiger partial charge is 0.234 e. The number of anilines is 2. The number of hydrogen-bond acceptors (Lipinski definition) is 6. The number of piperidine rings is 1. The molecular weight excluding hydrogens is 434 g/mol. The first-order chi connectivity index (χ1) is 15.0. The number of benzene rings is 1. The molecule has 0 radical (unpaired) electrons. The van der Waals surface area contributed by atoms with Crippen LogP contribution in [0.4, 0.5) is 11.6 Å². The number of aromatic nitrogens is 3. The average molecular weight is 464 g/mol. The number of ether oxygens (including phenoxy) is 1. The molecule has 4 rings (SSSR count). The first-order valence-electron chi connectivity index (χ1n) is 11.0. The molecule has 0 saturated carbocycles. The standard InChI is InChI=1S/C22H30ClN5O2S/c1-15-11-16(2)20(18(23)12-15)24-19(29)14-31-22-26-25-21(27-8-4-3-5-9-27)28(22)13-17-7-6-10-30-17/h11-12,17H,3-10,13-14H2,1-2H3,(H,24,29). The van der Waals surface area contributed by atoms with Crippen molar-refractivity contribution in [1.82, 2.24) is 14.8 Å². The highest BCUT2D eigenvalue weighted by atomic mass is 35.5. The van der Waals surface area contributed by atoms with Crippen LogP contribution in [0.15, 0.2) is 17.3 Å². The SMILES string of the molecule is Cc1cc(C)c(NC(=O)CSc2nnc(N3CCCCC3)n2CC2CCCO2)c(Cl)c1. The van der Waals surface area contributed by atoms with Gasteiger partial charge in [0.15, 0.2) is 5.16 Å². The minimum Gasteiger partial charge on any atom is -0.376 e. The molecule has 1 aromatic heterocycles. The van der Waals surface area contributed by atoms with Crippen molar-refractivity contribution in [2.24, 2.45) is 0 Å². The second kappa shape index (κ2) is 10.2. The van der Waals surface area contributed by atoms with Crippen molar-refractivity contribution in [3.63, 3.8) is 0 Å². The molecular formula is C22H30ClN5O2S. The Bertz CT molecular complexity index is 900. The molecule has 1 aromatic carbocycles. The highest BCUT2D eigenvalue weighted by Gasteiger charge is 2.25. The number of aryl methyl sites for hydroxylation is 2. The number of rotatable bonds is 7. The summed E-state index contributed by atoms with van der Waals surface area (Å²) in [5.41, 5.74) is 2.70. The van der Waals surface area contributed by atoms with Crippen molar-refractivity contribution in [3.05, 3.63) is 28.3 Å². The molecule has 2 aromatic rings. The fraction of sp³-hybridized carbons (Fsp3) is 0.591. The Balaban J connectivity index is 1.45. The minimum absolute atomic E-state index is 0.106. The number of thioether (sulfide) groups is 1. The fourth-order valence-corrected chi connectivity index (χ4v) is 5.36. The molecule has 0 spiro atoms. The van der Waals surface area contributed by atoms with Gasteiger partial charge in [0.1, 0.15) is 0 Å². The maximum Gasteiger partial charge on any atom is 0.234 e. The summed E-state index contributed by atoms with van der Waals surface area (Å²) in [6, 6.07) is 3.87. The monoisotopic (exact) mass is 463 g/mol. The van der Waals surface area contributed by atoms with Crippen molar-refractivity contribution in [3.8, 4) is 0 Å². The summed E-state index contributed by atoms with van der Waals surface area (Å²) in [4.78, 5) is 15.0. The maximum atomic E-state index is 12.7. The molecule has 7 nitrogen and oxygen atoms in total. The lowest BCUT2D eigenvalue weighted by atomic mass is 10.1. The van der Waals surface area contributed by atoms with Crippen molar-refractivity contribution in [2.75, 3.05) is 35.7 Å². The predicted molar refractivity (Wildman–Crippen MR) is 125 cm³/mol. The molecule has 2 aliphatic rings. The molecule has 1 atom stereocenters. The van der Waals surface area contributed by atoms with E-state index in [-0.39, 0.29) is 17.8 Å². The predicted octanol–water partition coefficient (Wildman–Crippen LogP) is 4.45. The van der Waals surface area contributed by atoms with Crippen LogP contribution in [0.3, 0.4) is 0 Å². The van der Waals surface area contributed by atoms with Crippen LogP contribution < -0.4 is 10.2 Å². The molecule has 1 amide bonds. The van der Waals surface area contributed by atoms with Crippen molar-refractivity contribution in [1.29, 1.82) is 0 Å². The molecule has 168 valence electrons. The highest BCUT2D eigenvalue weighted by Crippen LogP contribution is 2.29. The first-order valence-corrected chi connectivity index (χ1v) is 12.4. The molecule has 9 heteroatoms. The van der Waals surface area contributed by atoms with E-state index < -0.39 is 0 Å². The average Bonchev–Trinajstić information content (AvgIpc) is 3.40. The number of carbonyl (C=O) groups excluding carboxylic acids is 1. The quantitative estimate of drug-likeness (QED) is 0.611.